The third-order valence-electron chi connectivity index (χ3n) is 6.26. The minimum absolute atomic E-state index is 0.0585. The van der Waals surface area contributed by atoms with Gasteiger partial charge in [0.15, 0.2) is 0 Å². The largest absolute Gasteiger partial charge is 0.378 e. The molecule has 0 saturated carbocycles. The number of hydrogen-bond acceptors (Lipinski definition) is 3. The number of halogens is 2. The second kappa shape index (κ2) is 8.14. The van der Waals surface area contributed by atoms with E-state index in [9.17, 15) is 8.42 Å². The molecule has 0 bridgehead atoms. The lowest BCUT2D eigenvalue weighted by Crippen LogP contribution is -2.29. The highest BCUT2D eigenvalue weighted by atomic mass is 35.5. The minimum atomic E-state index is -3.71. The number of sulfonamides is 1. The third kappa shape index (κ3) is 3.79. The fraction of sp³-hybridized carbons (Fsp3) is 0.200. The average molecular weight is 485 g/mol. The molecular formula is C25H22Cl2N2O2S. The van der Waals surface area contributed by atoms with Crippen molar-refractivity contribution in [2.24, 2.45) is 5.92 Å². The highest BCUT2D eigenvalue weighted by molar-refractivity contribution is 7.92. The second-order valence-electron chi connectivity index (χ2n) is 8.33. The Hall–Kier alpha value is -2.47. The molecule has 0 amide bonds. The van der Waals surface area contributed by atoms with Crippen LogP contribution in [-0.2, 0) is 10.0 Å². The smallest absolute Gasteiger partial charge is 0.261 e. The summed E-state index contributed by atoms with van der Waals surface area (Å²) in [7, 11) is -3.71. The SMILES string of the molecule is Cc1ccc(NS(=O)(=O)c2ccc3c(c2)[C@H]2C=CC[C@H]2[C@@H](c2c(Cl)cccc2Cl)N3)cc1. The van der Waals surface area contributed by atoms with Gasteiger partial charge in [-0.25, -0.2) is 8.42 Å². The summed E-state index contributed by atoms with van der Waals surface area (Å²) < 4.78 is 28.8. The average Bonchev–Trinajstić information content (AvgIpc) is 3.25. The van der Waals surface area contributed by atoms with Gasteiger partial charge >= 0.3 is 0 Å². The molecule has 1 aliphatic heterocycles. The van der Waals surface area contributed by atoms with Crippen LogP contribution >= 0.6 is 23.2 Å². The first-order valence-corrected chi connectivity index (χ1v) is 12.7. The first kappa shape index (κ1) is 21.4. The van der Waals surface area contributed by atoms with Crippen molar-refractivity contribution in [3.05, 3.63) is 99.6 Å². The van der Waals surface area contributed by atoms with Gasteiger partial charge in [0.25, 0.3) is 10.0 Å². The quantitative estimate of drug-likeness (QED) is 0.394. The van der Waals surface area contributed by atoms with E-state index < -0.39 is 10.0 Å². The van der Waals surface area contributed by atoms with Crippen LogP contribution in [0.2, 0.25) is 10.0 Å². The predicted octanol–water partition coefficient (Wildman–Crippen LogP) is 6.93. The molecular weight excluding hydrogens is 463 g/mol. The van der Waals surface area contributed by atoms with Crippen LogP contribution in [0.5, 0.6) is 0 Å². The molecule has 2 aliphatic rings. The highest BCUT2D eigenvalue weighted by Crippen LogP contribution is 2.52. The molecule has 3 aromatic rings. The summed E-state index contributed by atoms with van der Waals surface area (Å²) in [5, 5.41) is 4.84. The van der Waals surface area contributed by atoms with Crippen LogP contribution in [0.25, 0.3) is 0 Å². The van der Waals surface area contributed by atoms with E-state index in [0.717, 1.165) is 28.8 Å². The first-order valence-electron chi connectivity index (χ1n) is 10.4. The number of hydrogen-bond donors (Lipinski definition) is 2. The van der Waals surface area contributed by atoms with Gasteiger partial charge in [-0.05, 0) is 67.3 Å². The predicted molar refractivity (Wildman–Crippen MR) is 131 cm³/mol. The molecule has 0 fully saturated rings. The highest BCUT2D eigenvalue weighted by Gasteiger charge is 2.40. The standard InChI is InChI=1S/C25H22Cl2N2O2S/c1-15-8-10-16(11-9-15)29-32(30,31)17-12-13-23-20(14-17)18-4-2-5-19(18)25(28-23)24-21(26)6-3-7-22(24)27/h2-4,6-14,18-19,25,28-29H,5H2,1H3/t18-,19+,25-/m0/s1. The van der Waals surface area contributed by atoms with Crippen LogP contribution in [0, 0.1) is 12.8 Å². The maximum atomic E-state index is 13.1. The second-order valence-corrected chi connectivity index (χ2v) is 10.8. The molecule has 3 aromatic carbocycles. The van der Waals surface area contributed by atoms with E-state index in [1.54, 1.807) is 24.3 Å². The molecule has 0 saturated heterocycles. The molecule has 2 N–H and O–H groups in total. The molecule has 32 heavy (non-hydrogen) atoms. The van der Waals surface area contributed by atoms with Crippen LogP contribution < -0.4 is 10.0 Å². The molecule has 5 rings (SSSR count). The zero-order chi connectivity index (χ0) is 22.5. The fourth-order valence-corrected chi connectivity index (χ4v) is 6.39. The molecule has 1 heterocycles. The number of rotatable bonds is 4. The number of anilines is 2. The molecule has 4 nitrogen and oxygen atoms in total. The fourth-order valence-electron chi connectivity index (χ4n) is 4.67. The maximum absolute atomic E-state index is 13.1. The Balaban J connectivity index is 1.51. The van der Waals surface area contributed by atoms with Crippen molar-refractivity contribution in [1.82, 2.24) is 0 Å². The van der Waals surface area contributed by atoms with Crippen LogP contribution in [-0.4, -0.2) is 8.42 Å². The Bertz CT molecular complexity index is 1300. The van der Waals surface area contributed by atoms with E-state index >= 15 is 0 Å². The van der Waals surface area contributed by atoms with Crippen molar-refractivity contribution in [2.75, 3.05) is 10.0 Å². The molecule has 3 atom stereocenters. The summed E-state index contributed by atoms with van der Waals surface area (Å²) in [6.45, 7) is 1.96. The van der Waals surface area contributed by atoms with Gasteiger partial charge in [-0.3, -0.25) is 4.72 Å². The van der Waals surface area contributed by atoms with Crippen LogP contribution in [0.15, 0.2) is 77.7 Å². The molecule has 0 radical (unpaired) electrons. The topological polar surface area (TPSA) is 58.2 Å². The lowest BCUT2D eigenvalue weighted by Gasteiger charge is -2.38. The van der Waals surface area contributed by atoms with Gasteiger partial charge in [0.2, 0.25) is 0 Å². The number of aryl methyl sites for hydroxylation is 1. The van der Waals surface area contributed by atoms with E-state index in [-0.39, 0.29) is 22.8 Å². The summed E-state index contributed by atoms with van der Waals surface area (Å²) in [5.74, 6) is 0.279. The third-order valence-corrected chi connectivity index (χ3v) is 8.30. The van der Waals surface area contributed by atoms with Crippen LogP contribution in [0.4, 0.5) is 11.4 Å². The van der Waals surface area contributed by atoms with Gasteiger partial charge in [-0.15, -0.1) is 0 Å². The first-order chi connectivity index (χ1) is 15.3. The zero-order valence-electron chi connectivity index (χ0n) is 17.3. The van der Waals surface area contributed by atoms with E-state index in [1.807, 2.05) is 43.3 Å². The van der Waals surface area contributed by atoms with Gasteiger partial charge in [-0.2, -0.15) is 0 Å². The van der Waals surface area contributed by atoms with Crippen molar-refractivity contribution in [2.45, 2.75) is 30.2 Å². The number of benzene rings is 3. The van der Waals surface area contributed by atoms with Crippen LogP contribution in [0.3, 0.4) is 0 Å². The number of allylic oxidation sites excluding steroid dienone is 2. The van der Waals surface area contributed by atoms with Crippen molar-refractivity contribution in [3.8, 4) is 0 Å². The summed E-state index contributed by atoms with van der Waals surface area (Å²) in [6.07, 6.45) is 5.17. The van der Waals surface area contributed by atoms with Crippen LogP contribution in [0.1, 0.15) is 35.1 Å². The molecule has 164 valence electrons. The molecule has 7 heteroatoms. The summed E-state index contributed by atoms with van der Waals surface area (Å²) in [6, 6.07) is 18.0. The Morgan fingerprint density at radius 2 is 1.72 bits per heavy atom. The van der Waals surface area contributed by atoms with Crippen molar-refractivity contribution in [3.63, 3.8) is 0 Å². The Morgan fingerprint density at radius 3 is 2.44 bits per heavy atom. The maximum Gasteiger partial charge on any atom is 0.261 e. The van der Waals surface area contributed by atoms with Gasteiger partial charge in [0.05, 0.1) is 10.9 Å². The molecule has 1 aliphatic carbocycles. The minimum Gasteiger partial charge on any atom is -0.378 e. The number of nitrogens with one attached hydrogen (secondary N) is 2. The summed E-state index contributed by atoms with van der Waals surface area (Å²) in [4.78, 5) is 0.243. The molecule has 0 unspecified atom stereocenters. The zero-order valence-corrected chi connectivity index (χ0v) is 19.7. The van der Waals surface area contributed by atoms with E-state index in [2.05, 4.69) is 22.2 Å². The van der Waals surface area contributed by atoms with Crippen molar-refractivity contribution in [1.29, 1.82) is 0 Å². The number of fused-ring (bicyclic) bond motifs is 3. The van der Waals surface area contributed by atoms with Crippen molar-refractivity contribution >= 4 is 44.6 Å². The Labute approximate surface area is 198 Å². The van der Waals surface area contributed by atoms with Gasteiger partial charge in [-0.1, -0.05) is 59.1 Å². The monoisotopic (exact) mass is 484 g/mol. The molecule has 0 aromatic heterocycles. The lowest BCUT2D eigenvalue weighted by molar-refractivity contribution is 0.425. The Kier molecular flexibility index (Phi) is 5.44. The van der Waals surface area contributed by atoms with Gasteiger partial charge < -0.3 is 5.32 Å². The van der Waals surface area contributed by atoms with E-state index in [1.165, 1.54) is 0 Å². The molecule has 0 spiro atoms. The summed E-state index contributed by atoms with van der Waals surface area (Å²) >= 11 is 13.0. The lowest BCUT2D eigenvalue weighted by atomic mass is 9.77. The van der Waals surface area contributed by atoms with Gasteiger partial charge in [0, 0.05) is 32.9 Å². The normalized spacial score (nSPS) is 21.5. The van der Waals surface area contributed by atoms with Crippen molar-refractivity contribution < 1.29 is 8.42 Å². The Morgan fingerprint density at radius 1 is 1.00 bits per heavy atom. The summed E-state index contributed by atoms with van der Waals surface area (Å²) in [5.41, 5.74) is 4.36. The van der Waals surface area contributed by atoms with E-state index in [0.29, 0.717) is 15.7 Å². The van der Waals surface area contributed by atoms with Gasteiger partial charge in [0.1, 0.15) is 0 Å². The van der Waals surface area contributed by atoms with E-state index in [4.69, 9.17) is 23.2 Å².